The van der Waals surface area contributed by atoms with Crippen LogP contribution in [0.4, 0.5) is 4.79 Å². The summed E-state index contributed by atoms with van der Waals surface area (Å²) in [7, 11) is 0. The van der Waals surface area contributed by atoms with Crippen molar-refractivity contribution in [1.29, 1.82) is 0 Å². The van der Waals surface area contributed by atoms with Crippen LogP contribution in [-0.2, 0) is 0 Å². The molecule has 1 atom stereocenters. The van der Waals surface area contributed by atoms with Crippen molar-refractivity contribution in [2.24, 2.45) is 5.41 Å². The van der Waals surface area contributed by atoms with Crippen LogP contribution in [0.1, 0.15) is 25.5 Å². The zero-order valence-electron chi connectivity index (χ0n) is 9.38. The van der Waals surface area contributed by atoms with Crippen molar-refractivity contribution >= 4 is 17.6 Å². The largest absolute Gasteiger partial charge is 0.338 e. The number of urea groups is 1. The fourth-order valence-corrected chi connectivity index (χ4v) is 2.10. The second-order valence-electron chi connectivity index (χ2n) is 4.80. The molecule has 4 heteroatoms. The molecule has 2 amide bonds. The third kappa shape index (κ3) is 2.14. The van der Waals surface area contributed by atoms with Crippen LogP contribution in [-0.4, -0.2) is 12.6 Å². The molecule has 1 saturated heterocycles. The Bertz CT molecular complexity index is 400. The van der Waals surface area contributed by atoms with Crippen molar-refractivity contribution in [3.63, 3.8) is 0 Å². The minimum atomic E-state index is -0.112. The SMILES string of the molecule is CC1(C)CNC(=O)N[C@H]1c1ccc(Cl)cc1. The van der Waals surface area contributed by atoms with Gasteiger partial charge in [-0.2, -0.15) is 0 Å². The Balaban J connectivity index is 2.30. The summed E-state index contributed by atoms with van der Waals surface area (Å²) in [4.78, 5) is 11.4. The van der Waals surface area contributed by atoms with E-state index < -0.39 is 0 Å². The first-order valence-corrected chi connectivity index (χ1v) is 5.67. The summed E-state index contributed by atoms with van der Waals surface area (Å²) in [6.45, 7) is 4.92. The van der Waals surface area contributed by atoms with Crippen molar-refractivity contribution < 1.29 is 4.79 Å². The van der Waals surface area contributed by atoms with E-state index in [1.165, 1.54) is 0 Å². The van der Waals surface area contributed by atoms with Gasteiger partial charge in [-0.05, 0) is 17.7 Å². The van der Waals surface area contributed by atoms with Crippen LogP contribution in [0.25, 0.3) is 0 Å². The third-order valence-corrected chi connectivity index (χ3v) is 3.22. The van der Waals surface area contributed by atoms with Crippen LogP contribution in [0.3, 0.4) is 0 Å². The average molecular weight is 239 g/mol. The normalized spacial score (nSPS) is 23.4. The Labute approximate surface area is 100 Å². The molecule has 0 aromatic heterocycles. The molecule has 2 rings (SSSR count). The van der Waals surface area contributed by atoms with E-state index in [-0.39, 0.29) is 17.5 Å². The Morgan fingerprint density at radius 3 is 2.56 bits per heavy atom. The van der Waals surface area contributed by atoms with Gasteiger partial charge in [0.2, 0.25) is 0 Å². The summed E-state index contributed by atoms with van der Waals surface area (Å²) in [5.41, 5.74) is 1.08. The first kappa shape index (κ1) is 11.3. The molecule has 0 spiro atoms. The minimum Gasteiger partial charge on any atom is -0.338 e. The highest BCUT2D eigenvalue weighted by molar-refractivity contribution is 6.30. The van der Waals surface area contributed by atoms with Crippen LogP contribution in [0.2, 0.25) is 5.02 Å². The fourth-order valence-electron chi connectivity index (χ4n) is 1.98. The molecule has 0 unspecified atom stereocenters. The number of hydrogen-bond acceptors (Lipinski definition) is 1. The van der Waals surface area contributed by atoms with E-state index in [1.807, 2.05) is 24.3 Å². The Morgan fingerprint density at radius 1 is 1.31 bits per heavy atom. The molecule has 0 bridgehead atoms. The Kier molecular flexibility index (Phi) is 2.80. The number of carbonyl (C=O) groups is 1. The highest BCUT2D eigenvalue weighted by Crippen LogP contribution is 2.34. The maximum Gasteiger partial charge on any atom is 0.315 e. The number of rotatable bonds is 1. The van der Waals surface area contributed by atoms with Crippen molar-refractivity contribution in [3.8, 4) is 0 Å². The van der Waals surface area contributed by atoms with Gasteiger partial charge in [-0.1, -0.05) is 37.6 Å². The van der Waals surface area contributed by atoms with Crippen LogP contribution in [0, 0.1) is 5.41 Å². The zero-order chi connectivity index (χ0) is 11.8. The van der Waals surface area contributed by atoms with Gasteiger partial charge in [0.15, 0.2) is 0 Å². The van der Waals surface area contributed by atoms with Crippen molar-refractivity contribution in [2.75, 3.05) is 6.54 Å². The highest BCUT2D eigenvalue weighted by Gasteiger charge is 2.36. The highest BCUT2D eigenvalue weighted by atomic mass is 35.5. The molecule has 0 saturated carbocycles. The molecule has 0 aliphatic carbocycles. The Hall–Kier alpha value is -1.22. The fraction of sp³-hybridized carbons (Fsp3) is 0.417. The quantitative estimate of drug-likeness (QED) is 0.776. The lowest BCUT2D eigenvalue weighted by Crippen LogP contribution is -2.54. The summed E-state index contributed by atoms with van der Waals surface area (Å²) in [5.74, 6) is 0. The molecule has 16 heavy (non-hydrogen) atoms. The molecule has 2 N–H and O–H groups in total. The molecule has 1 aliphatic heterocycles. The van der Waals surface area contributed by atoms with Gasteiger partial charge in [0.25, 0.3) is 0 Å². The number of carbonyl (C=O) groups excluding carboxylic acids is 1. The second kappa shape index (κ2) is 3.98. The van der Waals surface area contributed by atoms with Gasteiger partial charge in [-0.25, -0.2) is 4.79 Å². The van der Waals surface area contributed by atoms with E-state index in [1.54, 1.807) is 0 Å². The third-order valence-electron chi connectivity index (χ3n) is 2.96. The van der Waals surface area contributed by atoms with Crippen molar-refractivity contribution in [2.45, 2.75) is 19.9 Å². The lowest BCUT2D eigenvalue weighted by atomic mass is 9.79. The molecule has 1 heterocycles. The monoisotopic (exact) mass is 238 g/mol. The van der Waals surface area contributed by atoms with Gasteiger partial charge in [0.05, 0.1) is 6.04 Å². The molecule has 86 valence electrons. The standard InChI is InChI=1S/C12H15ClN2O/c1-12(2)7-14-11(16)15-10(12)8-3-5-9(13)6-4-8/h3-6,10H,7H2,1-2H3,(H2,14,15,16)/t10-/m0/s1. The lowest BCUT2D eigenvalue weighted by molar-refractivity contribution is 0.179. The predicted molar refractivity (Wildman–Crippen MR) is 64.5 cm³/mol. The molecule has 1 aromatic carbocycles. The number of benzene rings is 1. The van der Waals surface area contributed by atoms with E-state index in [9.17, 15) is 4.79 Å². The first-order valence-electron chi connectivity index (χ1n) is 5.29. The minimum absolute atomic E-state index is 0.0122. The van der Waals surface area contributed by atoms with E-state index in [0.29, 0.717) is 11.6 Å². The topological polar surface area (TPSA) is 41.1 Å². The van der Waals surface area contributed by atoms with Crippen LogP contribution in [0.15, 0.2) is 24.3 Å². The summed E-state index contributed by atoms with van der Waals surface area (Å²) in [5, 5.41) is 6.47. The predicted octanol–water partition coefficient (Wildman–Crippen LogP) is 2.72. The molecule has 1 fully saturated rings. The van der Waals surface area contributed by atoms with Crippen LogP contribution >= 0.6 is 11.6 Å². The van der Waals surface area contributed by atoms with Gasteiger partial charge in [-0.15, -0.1) is 0 Å². The van der Waals surface area contributed by atoms with E-state index in [4.69, 9.17) is 11.6 Å². The zero-order valence-corrected chi connectivity index (χ0v) is 10.1. The summed E-state index contributed by atoms with van der Waals surface area (Å²) in [6.07, 6.45) is 0. The molecular formula is C12H15ClN2O. The van der Waals surface area contributed by atoms with Gasteiger partial charge >= 0.3 is 6.03 Å². The number of halogens is 1. The molecular weight excluding hydrogens is 224 g/mol. The van der Waals surface area contributed by atoms with Crippen molar-refractivity contribution in [3.05, 3.63) is 34.9 Å². The maximum absolute atomic E-state index is 11.4. The Morgan fingerprint density at radius 2 is 1.94 bits per heavy atom. The summed E-state index contributed by atoms with van der Waals surface area (Å²) < 4.78 is 0. The maximum atomic E-state index is 11.4. The van der Waals surface area contributed by atoms with E-state index in [0.717, 1.165) is 5.56 Å². The van der Waals surface area contributed by atoms with E-state index >= 15 is 0 Å². The molecule has 3 nitrogen and oxygen atoms in total. The second-order valence-corrected chi connectivity index (χ2v) is 5.24. The van der Waals surface area contributed by atoms with Gasteiger partial charge in [-0.3, -0.25) is 0 Å². The van der Waals surface area contributed by atoms with Gasteiger partial charge < -0.3 is 10.6 Å². The van der Waals surface area contributed by atoms with Crippen LogP contribution in [0.5, 0.6) is 0 Å². The molecule has 1 aromatic rings. The first-order chi connectivity index (χ1) is 7.49. The van der Waals surface area contributed by atoms with Crippen LogP contribution < -0.4 is 10.6 Å². The summed E-state index contributed by atoms with van der Waals surface area (Å²) >= 11 is 5.85. The smallest absolute Gasteiger partial charge is 0.315 e. The number of amides is 2. The van der Waals surface area contributed by atoms with E-state index in [2.05, 4.69) is 24.5 Å². The molecule has 0 radical (unpaired) electrons. The summed E-state index contributed by atoms with van der Waals surface area (Å²) in [6, 6.07) is 7.53. The number of nitrogens with one attached hydrogen (secondary N) is 2. The average Bonchev–Trinajstić information content (AvgIpc) is 2.23. The van der Waals surface area contributed by atoms with Crippen molar-refractivity contribution in [1.82, 2.24) is 10.6 Å². The van der Waals surface area contributed by atoms with Gasteiger partial charge in [0.1, 0.15) is 0 Å². The van der Waals surface area contributed by atoms with Gasteiger partial charge in [0, 0.05) is 17.0 Å². The molecule has 1 aliphatic rings. The number of hydrogen-bond donors (Lipinski definition) is 2. The lowest BCUT2D eigenvalue weighted by Gasteiger charge is -2.39.